The zero-order valence-corrected chi connectivity index (χ0v) is 17.8. The fraction of sp³-hybridized carbons (Fsp3) is 0.500. The summed E-state index contributed by atoms with van der Waals surface area (Å²) in [7, 11) is 0. The Bertz CT molecular complexity index is 765. The Morgan fingerprint density at radius 3 is 2.31 bits per heavy atom. The predicted molar refractivity (Wildman–Crippen MR) is 118 cm³/mol. The molecule has 2 aromatic rings. The van der Waals surface area contributed by atoms with Gasteiger partial charge in [0.1, 0.15) is 11.6 Å². The number of carbonyl (C=O) groups is 1. The van der Waals surface area contributed by atoms with Gasteiger partial charge in [-0.25, -0.2) is 9.97 Å². The van der Waals surface area contributed by atoms with Crippen LogP contribution >= 0.6 is 0 Å². The summed E-state index contributed by atoms with van der Waals surface area (Å²) in [5.74, 6) is 1.78. The zero-order chi connectivity index (χ0) is 20.6. The molecular weight excluding hydrogens is 364 g/mol. The van der Waals surface area contributed by atoms with Crippen LogP contribution in [-0.4, -0.2) is 66.6 Å². The van der Waals surface area contributed by atoms with Gasteiger partial charge in [-0.1, -0.05) is 13.0 Å². The summed E-state index contributed by atoms with van der Waals surface area (Å²) in [5.41, 5.74) is 1.56. The zero-order valence-electron chi connectivity index (χ0n) is 17.8. The van der Waals surface area contributed by atoms with E-state index < -0.39 is 0 Å². The van der Waals surface area contributed by atoms with Crippen LogP contribution in [0.1, 0.15) is 36.7 Å². The molecule has 0 aliphatic carbocycles. The van der Waals surface area contributed by atoms with Crippen LogP contribution in [0.4, 0.5) is 11.6 Å². The molecule has 0 aromatic carbocycles. The summed E-state index contributed by atoms with van der Waals surface area (Å²) in [4.78, 5) is 28.3. The van der Waals surface area contributed by atoms with Crippen LogP contribution in [0.5, 0.6) is 0 Å². The first-order valence-corrected chi connectivity index (χ1v) is 10.6. The van der Waals surface area contributed by atoms with E-state index in [0.29, 0.717) is 12.1 Å². The van der Waals surface area contributed by atoms with Gasteiger partial charge in [-0.15, -0.1) is 0 Å². The van der Waals surface area contributed by atoms with Crippen molar-refractivity contribution >= 4 is 17.5 Å². The van der Waals surface area contributed by atoms with Crippen LogP contribution in [0.15, 0.2) is 36.7 Å². The monoisotopic (exact) mass is 396 g/mol. The third kappa shape index (κ3) is 5.44. The number of nitrogens with zero attached hydrogens (tertiary/aromatic N) is 5. The molecule has 1 fully saturated rings. The minimum Gasteiger partial charge on any atom is -0.357 e. The molecule has 0 saturated carbocycles. The number of hydrogen-bond acceptors (Lipinski definition) is 6. The molecule has 3 rings (SSSR count). The van der Waals surface area contributed by atoms with Gasteiger partial charge in [-0.2, -0.15) is 0 Å². The Kier molecular flexibility index (Phi) is 7.41. The van der Waals surface area contributed by atoms with Crippen molar-refractivity contribution in [3.63, 3.8) is 0 Å². The van der Waals surface area contributed by atoms with Gasteiger partial charge in [-0.05, 0) is 44.2 Å². The Morgan fingerprint density at radius 2 is 1.76 bits per heavy atom. The van der Waals surface area contributed by atoms with E-state index in [1.807, 2.05) is 30.5 Å². The van der Waals surface area contributed by atoms with E-state index >= 15 is 0 Å². The smallest absolute Gasteiger partial charge is 0.253 e. The van der Waals surface area contributed by atoms with Crippen LogP contribution < -0.4 is 15.1 Å². The van der Waals surface area contributed by atoms with Gasteiger partial charge >= 0.3 is 0 Å². The molecule has 29 heavy (non-hydrogen) atoms. The molecule has 0 radical (unpaired) electrons. The first-order valence-electron chi connectivity index (χ1n) is 10.6. The highest BCUT2D eigenvalue weighted by Crippen LogP contribution is 2.14. The van der Waals surface area contributed by atoms with Crippen LogP contribution in [0.2, 0.25) is 0 Å². The summed E-state index contributed by atoms with van der Waals surface area (Å²) in [5, 5.41) is 2.95. The van der Waals surface area contributed by atoms with Gasteiger partial charge in [0.15, 0.2) is 0 Å². The SMILES string of the molecule is CCN1CCN(c2ccc(CNC(=O)c3ccc(N(CC)CC)nc3)cn2)CC1. The number of carbonyl (C=O) groups excluding carboxylic acids is 1. The lowest BCUT2D eigenvalue weighted by Crippen LogP contribution is -2.46. The van der Waals surface area contributed by atoms with Crippen molar-refractivity contribution < 1.29 is 4.79 Å². The molecule has 1 amide bonds. The highest BCUT2D eigenvalue weighted by Gasteiger charge is 2.16. The van der Waals surface area contributed by atoms with Gasteiger partial charge < -0.3 is 20.0 Å². The number of pyridine rings is 2. The summed E-state index contributed by atoms with van der Waals surface area (Å²) in [6.07, 6.45) is 3.49. The molecule has 0 spiro atoms. The predicted octanol–water partition coefficient (Wildman–Crippen LogP) is 2.39. The molecule has 156 valence electrons. The van der Waals surface area contributed by atoms with Crippen LogP contribution in [0.25, 0.3) is 0 Å². The molecule has 3 heterocycles. The molecule has 0 atom stereocenters. The number of rotatable bonds is 8. The average Bonchev–Trinajstić information content (AvgIpc) is 2.79. The van der Waals surface area contributed by atoms with E-state index in [-0.39, 0.29) is 5.91 Å². The molecule has 7 heteroatoms. The quantitative estimate of drug-likeness (QED) is 0.739. The van der Waals surface area contributed by atoms with E-state index in [1.165, 1.54) is 0 Å². The molecule has 0 bridgehead atoms. The third-order valence-electron chi connectivity index (χ3n) is 5.50. The highest BCUT2D eigenvalue weighted by molar-refractivity contribution is 5.94. The summed E-state index contributed by atoms with van der Waals surface area (Å²) in [6, 6.07) is 7.81. The lowest BCUT2D eigenvalue weighted by Gasteiger charge is -2.34. The third-order valence-corrected chi connectivity index (χ3v) is 5.50. The fourth-order valence-electron chi connectivity index (χ4n) is 3.54. The molecular formula is C22H32N6O. The van der Waals surface area contributed by atoms with Crippen molar-refractivity contribution in [3.05, 3.63) is 47.8 Å². The van der Waals surface area contributed by atoms with E-state index in [2.05, 4.69) is 50.8 Å². The minimum atomic E-state index is -0.122. The second-order valence-electron chi connectivity index (χ2n) is 7.21. The first kappa shape index (κ1) is 21.0. The van der Waals surface area contributed by atoms with Gasteiger partial charge in [0.25, 0.3) is 5.91 Å². The van der Waals surface area contributed by atoms with Crippen molar-refractivity contribution in [2.45, 2.75) is 27.3 Å². The van der Waals surface area contributed by atoms with E-state index in [0.717, 1.165) is 63.0 Å². The highest BCUT2D eigenvalue weighted by atomic mass is 16.1. The van der Waals surface area contributed by atoms with Gasteiger partial charge in [0.2, 0.25) is 0 Å². The minimum absolute atomic E-state index is 0.122. The van der Waals surface area contributed by atoms with Crippen LogP contribution in [0.3, 0.4) is 0 Å². The molecule has 1 aliphatic heterocycles. The Balaban J connectivity index is 1.51. The second-order valence-corrected chi connectivity index (χ2v) is 7.21. The molecule has 1 aliphatic rings. The van der Waals surface area contributed by atoms with Gasteiger partial charge in [0.05, 0.1) is 5.56 Å². The molecule has 7 nitrogen and oxygen atoms in total. The molecule has 2 aromatic heterocycles. The largest absolute Gasteiger partial charge is 0.357 e. The maximum atomic E-state index is 12.4. The maximum Gasteiger partial charge on any atom is 0.253 e. The van der Waals surface area contributed by atoms with Crippen molar-refractivity contribution in [1.29, 1.82) is 0 Å². The molecule has 0 unspecified atom stereocenters. The van der Waals surface area contributed by atoms with Crippen LogP contribution in [-0.2, 0) is 6.54 Å². The number of nitrogens with one attached hydrogen (secondary N) is 1. The Labute approximate surface area is 173 Å². The number of hydrogen-bond donors (Lipinski definition) is 1. The van der Waals surface area contributed by atoms with E-state index in [1.54, 1.807) is 6.20 Å². The summed E-state index contributed by atoms with van der Waals surface area (Å²) < 4.78 is 0. The molecule has 1 saturated heterocycles. The topological polar surface area (TPSA) is 64.6 Å². The number of anilines is 2. The Morgan fingerprint density at radius 1 is 1.00 bits per heavy atom. The number of piperazine rings is 1. The molecule has 1 N–H and O–H groups in total. The second kappa shape index (κ2) is 10.2. The first-order chi connectivity index (χ1) is 14.1. The van der Waals surface area contributed by atoms with Gasteiger partial charge in [-0.3, -0.25) is 4.79 Å². The summed E-state index contributed by atoms with van der Waals surface area (Å²) >= 11 is 0. The van der Waals surface area contributed by atoms with Crippen molar-refractivity contribution in [2.24, 2.45) is 0 Å². The average molecular weight is 397 g/mol. The van der Waals surface area contributed by atoms with Crippen molar-refractivity contribution in [3.8, 4) is 0 Å². The normalized spacial score (nSPS) is 14.7. The van der Waals surface area contributed by atoms with E-state index in [4.69, 9.17) is 0 Å². The lowest BCUT2D eigenvalue weighted by molar-refractivity contribution is 0.0950. The maximum absolute atomic E-state index is 12.4. The van der Waals surface area contributed by atoms with E-state index in [9.17, 15) is 4.79 Å². The number of amides is 1. The Hall–Kier alpha value is -2.67. The standard InChI is InChI=1S/C22H32N6O/c1-4-26-11-13-28(14-12-26)21-9-7-18(15-23-21)16-25-22(29)19-8-10-20(24-17-19)27(5-2)6-3/h7-10,15,17H,4-6,11-14,16H2,1-3H3,(H,25,29). The van der Waals surface area contributed by atoms with Crippen molar-refractivity contribution in [2.75, 3.05) is 55.6 Å². The summed E-state index contributed by atoms with van der Waals surface area (Å²) in [6.45, 7) is 13.9. The van der Waals surface area contributed by atoms with Crippen LogP contribution in [0, 0.1) is 0 Å². The van der Waals surface area contributed by atoms with Crippen molar-refractivity contribution in [1.82, 2.24) is 20.2 Å². The number of aromatic nitrogens is 2. The fourth-order valence-corrected chi connectivity index (χ4v) is 3.54. The lowest BCUT2D eigenvalue weighted by atomic mass is 10.2. The number of likely N-dealkylation sites (N-methyl/N-ethyl adjacent to an activating group) is 1. The van der Waals surface area contributed by atoms with Gasteiger partial charge in [0, 0.05) is 58.2 Å².